The molecule has 2 saturated heterocycles. The SMILES string of the molecule is O=C1CCC(N2Cc3cc(CN4CCN[C@H]5CC[C@H]54)ccc3C2=O)C(=O)N1. The van der Waals surface area contributed by atoms with Gasteiger partial charge in [0, 0.05) is 50.2 Å². The Morgan fingerprint density at radius 1 is 1.11 bits per heavy atom. The minimum absolute atomic E-state index is 0.104. The summed E-state index contributed by atoms with van der Waals surface area (Å²) in [5, 5.41) is 5.93. The van der Waals surface area contributed by atoms with E-state index in [-0.39, 0.29) is 24.1 Å². The van der Waals surface area contributed by atoms with E-state index in [9.17, 15) is 14.4 Å². The molecule has 2 N–H and O–H groups in total. The van der Waals surface area contributed by atoms with Crippen LogP contribution < -0.4 is 10.6 Å². The smallest absolute Gasteiger partial charge is 0.255 e. The van der Waals surface area contributed by atoms with Gasteiger partial charge in [0.25, 0.3) is 5.91 Å². The predicted molar refractivity (Wildman–Crippen MR) is 97.7 cm³/mol. The molecule has 7 heteroatoms. The summed E-state index contributed by atoms with van der Waals surface area (Å²) in [4.78, 5) is 40.5. The lowest BCUT2D eigenvalue weighted by Gasteiger charge is -2.49. The summed E-state index contributed by atoms with van der Waals surface area (Å²) in [6, 6.07) is 6.79. The molecule has 1 aliphatic carbocycles. The van der Waals surface area contributed by atoms with Gasteiger partial charge in [-0.25, -0.2) is 0 Å². The molecule has 27 heavy (non-hydrogen) atoms. The van der Waals surface area contributed by atoms with Crippen LogP contribution >= 0.6 is 0 Å². The molecule has 142 valence electrons. The second-order valence-electron chi connectivity index (χ2n) is 8.07. The third-order valence-electron chi connectivity index (χ3n) is 6.49. The highest BCUT2D eigenvalue weighted by Crippen LogP contribution is 2.31. The van der Waals surface area contributed by atoms with Crippen LogP contribution in [0.4, 0.5) is 0 Å². The molecule has 3 amide bonds. The first-order valence-electron chi connectivity index (χ1n) is 9.84. The highest BCUT2D eigenvalue weighted by atomic mass is 16.2. The molecule has 3 fully saturated rings. The minimum Gasteiger partial charge on any atom is -0.322 e. The van der Waals surface area contributed by atoms with E-state index in [0.717, 1.165) is 25.2 Å². The first kappa shape index (κ1) is 16.9. The second kappa shape index (κ2) is 6.42. The number of nitrogens with one attached hydrogen (secondary N) is 2. The van der Waals surface area contributed by atoms with E-state index in [4.69, 9.17) is 0 Å². The second-order valence-corrected chi connectivity index (χ2v) is 8.07. The van der Waals surface area contributed by atoms with Gasteiger partial charge in [-0.1, -0.05) is 12.1 Å². The molecule has 1 saturated carbocycles. The fourth-order valence-electron chi connectivity index (χ4n) is 4.87. The number of benzene rings is 1. The maximum atomic E-state index is 12.8. The summed E-state index contributed by atoms with van der Waals surface area (Å²) in [5.41, 5.74) is 2.90. The van der Waals surface area contributed by atoms with Crippen LogP contribution in [-0.4, -0.2) is 58.7 Å². The van der Waals surface area contributed by atoms with Crippen molar-refractivity contribution in [2.75, 3.05) is 13.1 Å². The number of hydrogen-bond donors (Lipinski definition) is 2. The molecule has 1 aromatic carbocycles. The van der Waals surface area contributed by atoms with Crippen LogP contribution in [0.25, 0.3) is 0 Å². The van der Waals surface area contributed by atoms with Crippen LogP contribution in [0.5, 0.6) is 0 Å². The van der Waals surface area contributed by atoms with Gasteiger partial charge < -0.3 is 10.2 Å². The zero-order valence-corrected chi connectivity index (χ0v) is 15.2. The maximum Gasteiger partial charge on any atom is 0.255 e. The van der Waals surface area contributed by atoms with E-state index in [0.29, 0.717) is 30.6 Å². The first-order valence-corrected chi connectivity index (χ1v) is 9.84. The lowest BCUT2D eigenvalue weighted by molar-refractivity contribution is -0.136. The van der Waals surface area contributed by atoms with E-state index in [1.807, 2.05) is 12.1 Å². The molecular formula is C20H24N4O3. The Kier molecular flexibility index (Phi) is 4.02. The van der Waals surface area contributed by atoms with Crippen molar-refractivity contribution in [3.63, 3.8) is 0 Å². The third kappa shape index (κ3) is 2.85. The number of hydrogen-bond acceptors (Lipinski definition) is 5. The van der Waals surface area contributed by atoms with Crippen molar-refractivity contribution in [3.8, 4) is 0 Å². The largest absolute Gasteiger partial charge is 0.322 e. The number of rotatable bonds is 3. The monoisotopic (exact) mass is 368 g/mol. The minimum atomic E-state index is -0.546. The predicted octanol–water partition coefficient (Wildman–Crippen LogP) is 0.384. The number of carbonyl (C=O) groups excluding carboxylic acids is 3. The quantitative estimate of drug-likeness (QED) is 0.754. The molecular weight excluding hydrogens is 344 g/mol. The fraction of sp³-hybridized carbons (Fsp3) is 0.550. The molecule has 3 heterocycles. The molecule has 0 bridgehead atoms. The van der Waals surface area contributed by atoms with Gasteiger partial charge >= 0.3 is 0 Å². The maximum absolute atomic E-state index is 12.8. The normalized spacial score (nSPS) is 30.6. The van der Waals surface area contributed by atoms with Crippen molar-refractivity contribution < 1.29 is 14.4 Å². The number of piperazine rings is 1. The Morgan fingerprint density at radius 3 is 2.78 bits per heavy atom. The molecule has 1 unspecified atom stereocenters. The van der Waals surface area contributed by atoms with Gasteiger partial charge in [0.2, 0.25) is 11.8 Å². The molecule has 4 aliphatic rings. The Hall–Kier alpha value is -2.25. The summed E-state index contributed by atoms with van der Waals surface area (Å²) in [5.74, 6) is -0.718. The Balaban J connectivity index is 1.32. The van der Waals surface area contributed by atoms with Gasteiger partial charge in [0.15, 0.2) is 0 Å². The standard InChI is InChI=1S/C20H24N4O3/c25-18-6-5-17(19(26)22-18)24-11-13-9-12(1-2-14(13)20(24)27)10-23-8-7-21-15-3-4-16(15)23/h1-2,9,15-17,21H,3-8,10-11H2,(H,22,25,26)/t15-,16+,17?/m0/s1. The number of carbonyl (C=O) groups is 3. The highest BCUT2D eigenvalue weighted by molar-refractivity contribution is 6.05. The lowest BCUT2D eigenvalue weighted by atomic mass is 9.83. The molecule has 1 aromatic rings. The first-order chi connectivity index (χ1) is 13.1. The number of nitrogens with zero attached hydrogens (tertiary/aromatic N) is 2. The van der Waals surface area contributed by atoms with Gasteiger partial charge in [0.1, 0.15) is 6.04 Å². The van der Waals surface area contributed by atoms with Crippen LogP contribution in [0.15, 0.2) is 18.2 Å². The molecule has 7 nitrogen and oxygen atoms in total. The average molecular weight is 368 g/mol. The summed E-state index contributed by atoms with van der Waals surface area (Å²) in [7, 11) is 0. The number of amides is 3. The summed E-state index contributed by atoms with van der Waals surface area (Å²) >= 11 is 0. The van der Waals surface area contributed by atoms with Gasteiger partial charge in [0.05, 0.1) is 0 Å². The van der Waals surface area contributed by atoms with Crippen molar-refractivity contribution in [2.24, 2.45) is 0 Å². The van der Waals surface area contributed by atoms with Crippen LogP contribution in [0.1, 0.15) is 47.2 Å². The van der Waals surface area contributed by atoms with Crippen molar-refractivity contribution in [3.05, 3.63) is 34.9 Å². The van der Waals surface area contributed by atoms with E-state index in [1.54, 1.807) is 4.90 Å². The van der Waals surface area contributed by atoms with Gasteiger partial charge in [-0.05, 0) is 36.5 Å². The Bertz CT molecular complexity index is 823. The van der Waals surface area contributed by atoms with Crippen molar-refractivity contribution in [1.29, 1.82) is 0 Å². The zero-order chi connectivity index (χ0) is 18.5. The Morgan fingerprint density at radius 2 is 2.00 bits per heavy atom. The highest BCUT2D eigenvalue weighted by Gasteiger charge is 2.40. The van der Waals surface area contributed by atoms with Crippen LogP contribution in [-0.2, 0) is 22.7 Å². The molecule has 0 radical (unpaired) electrons. The average Bonchev–Trinajstić information content (AvgIpc) is 2.93. The van der Waals surface area contributed by atoms with Gasteiger partial charge in [-0.2, -0.15) is 0 Å². The fourth-order valence-corrected chi connectivity index (χ4v) is 4.87. The van der Waals surface area contributed by atoms with Crippen molar-refractivity contribution >= 4 is 17.7 Å². The Labute approximate surface area is 158 Å². The van der Waals surface area contributed by atoms with Gasteiger partial charge in [-0.3, -0.25) is 24.6 Å². The summed E-state index contributed by atoms with van der Waals surface area (Å²) in [6.07, 6.45) is 3.21. The van der Waals surface area contributed by atoms with E-state index < -0.39 is 6.04 Å². The lowest BCUT2D eigenvalue weighted by Crippen LogP contribution is -2.62. The van der Waals surface area contributed by atoms with Crippen molar-refractivity contribution in [1.82, 2.24) is 20.4 Å². The van der Waals surface area contributed by atoms with E-state index in [1.165, 1.54) is 18.4 Å². The molecule has 5 rings (SSSR count). The number of piperidine rings is 1. The zero-order valence-electron chi connectivity index (χ0n) is 15.2. The van der Waals surface area contributed by atoms with E-state index in [2.05, 4.69) is 21.6 Å². The number of fused-ring (bicyclic) bond motifs is 2. The third-order valence-corrected chi connectivity index (χ3v) is 6.49. The van der Waals surface area contributed by atoms with Crippen LogP contribution in [0, 0.1) is 0 Å². The summed E-state index contributed by atoms with van der Waals surface area (Å²) in [6.45, 7) is 3.44. The summed E-state index contributed by atoms with van der Waals surface area (Å²) < 4.78 is 0. The topological polar surface area (TPSA) is 81.8 Å². The van der Waals surface area contributed by atoms with Crippen LogP contribution in [0.2, 0.25) is 0 Å². The molecule has 3 aliphatic heterocycles. The van der Waals surface area contributed by atoms with Gasteiger partial charge in [-0.15, -0.1) is 0 Å². The molecule has 0 aromatic heterocycles. The molecule has 3 atom stereocenters. The molecule has 0 spiro atoms. The van der Waals surface area contributed by atoms with Crippen LogP contribution in [0.3, 0.4) is 0 Å². The number of imide groups is 1. The van der Waals surface area contributed by atoms with Crippen molar-refractivity contribution in [2.45, 2.75) is 56.9 Å². The van der Waals surface area contributed by atoms with E-state index >= 15 is 0 Å².